The molecular weight excluding hydrogens is 218 g/mol. The van der Waals surface area contributed by atoms with Crippen LogP contribution in [0.4, 0.5) is 0 Å². The Morgan fingerprint density at radius 1 is 1.18 bits per heavy atom. The van der Waals surface area contributed by atoms with Crippen molar-refractivity contribution < 1.29 is 9.26 Å². The fraction of sp³-hybridized carbons (Fsp3) is 0.833. The molecule has 0 aromatic carbocycles. The molecule has 1 aromatic rings. The highest BCUT2D eigenvalue weighted by molar-refractivity contribution is 5.01. The quantitative estimate of drug-likeness (QED) is 0.843. The summed E-state index contributed by atoms with van der Waals surface area (Å²) >= 11 is 0. The molecule has 0 amide bonds. The van der Waals surface area contributed by atoms with E-state index in [9.17, 15) is 0 Å². The van der Waals surface area contributed by atoms with Crippen LogP contribution in [-0.2, 0) is 4.74 Å². The van der Waals surface area contributed by atoms with Crippen LogP contribution in [-0.4, -0.2) is 36.4 Å². The third-order valence-electron chi connectivity index (χ3n) is 3.63. The van der Waals surface area contributed by atoms with Gasteiger partial charge in [-0.1, -0.05) is 5.16 Å². The van der Waals surface area contributed by atoms with Crippen LogP contribution in [0.3, 0.4) is 0 Å². The van der Waals surface area contributed by atoms with Crippen molar-refractivity contribution >= 4 is 0 Å². The molecule has 94 valence electrons. The molecule has 2 aliphatic rings. The number of hydrogen-bond donors (Lipinski definition) is 1. The van der Waals surface area contributed by atoms with Gasteiger partial charge < -0.3 is 14.6 Å². The summed E-state index contributed by atoms with van der Waals surface area (Å²) in [5.74, 6) is 2.37. The molecule has 2 aliphatic heterocycles. The average molecular weight is 237 g/mol. The zero-order valence-corrected chi connectivity index (χ0v) is 10.0. The minimum Gasteiger partial charge on any atom is -0.381 e. The molecule has 17 heavy (non-hydrogen) atoms. The first-order valence-corrected chi connectivity index (χ1v) is 6.55. The van der Waals surface area contributed by atoms with Crippen LogP contribution in [0.2, 0.25) is 0 Å². The zero-order chi connectivity index (χ0) is 11.5. The second kappa shape index (κ2) is 5.14. The van der Waals surface area contributed by atoms with Crippen LogP contribution in [0.25, 0.3) is 0 Å². The first-order chi connectivity index (χ1) is 8.43. The molecule has 5 nitrogen and oxygen atoms in total. The molecule has 0 radical (unpaired) electrons. The Morgan fingerprint density at radius 3 is 2.88 bits per heavy atom. The maximum atomic E-state index is 5.46. The van der Waals surface area contributed by atoms with E-state index in [1.807, 2.05) is 0 Å². The molecule has 0 bridgehead atoms. The normalized spacial score (nSPS) is 30.4. The van der Waals surface area contributed by atoms with Crippen molar-refractivity contribution in [2.75, 3.05) is 26.3 Å². The third-order valence-corrected chi connectivity index (χ3v) is 3.63. The standard InChI is InChI=1S/C12H19N3O2/c1-3-9(7-13-5-1)12-14-11(15-17-12)10-4-2-6-16-8-10/h9-10,13H,1-8H2/t9-,10?/m0/s1. The minimum atomic E-state index is 0.331. The fourth-order valence-electron chi connectivity index (χ4n) is 2.59. The van der Waals surface area contributed by atoms with Gasteiger partial charge >= 0.3 is 0 Å². The topological polar surface area (TPSA) is 60.2 Å². The molecule has 1 unspecified atom stereocenters. The van der Waals surface area contributed by atoms with Gasteiger partial charge in [0.05, 0.1) is 12.5 Å². The Hall–Kier alpha value is -0.940. The molecule has 0 saturated carbocycles. The van der Waals surface area contributed by atoms with E-state index in [1.165, 1.54) is 6.42 Å². The summed E-state index contributed by atoms with van der Waals surface area (Å²) in [5.41, 5.74) is 0. The largest absolute Gasteiger partial charge is 0.381 e. The highest BCUT2D eigenvalue weighted by Crippen LogP contribution is 2.26. The van der Waals surface area contributed by atoms with Gasteiger partial charge in [0.15, 0.2) is 5.82 Å². The first-order valence-electron chi connectivity index (χ1n) is 6.55. The van der Waals surface area contributed by atoms with Crippen molar-refractivity contribution in [1.82, 2.24) is 15.5 Å². The van der Waals surface area contributed by atoms with Crippen molar-refractivity contribution in [3.05, 3.63) is 11.7 Å². The van der Waals surface area contributed by atoms with Crippen molar-refractivity contribution in [3.8, 4) is 0 Å². The molecule has 3 heterocycles. The molecule has 3 rings (SSSR count). The number of piperidine rings is 1. The Kier molecular flexibility index (Phi) is 3.38. The van der Waals surface area contributed by atoms with Crippen LogP contribution in [0.1, 0.15) is 49.2 Å². The van der Waals surface area contributed by atoms with E-state index in [2.05, 4.69) is 15.5 Å². The Balaban J connectivity index is 1.68. The Morgan fingerprint density at radius 2 is 2.12 bits per heavy atom. The fourth-order valence-corrected chi connectivity index (χ4v) is 2.59. The molecule has 2 saturated heterocycles. The van der Waals surface area contributed by atoms with Gasteiger partial charge in [-0.25, -0.2) is 0 Å². The predicted molar refractivity (Wildman–Crippen MR) is 61.9 cm³/mol. The average Bonchev–Trinajstić information content (AvgIpc) is 2.90. The van der Waals surface area contributed by atoms with Crippen molar-refractivity contribution in [2.24, 2.45) is 0 Å². The summed E-state index contributed by atoms with van der Waals surface area (Å²) in [6.07, 6.45) is 4.55. The van der Waals surface area contributed by atoms with Crippen molar-refractivity contribution in [1.29, 1.82) is 0 Å². The molecule has 2 fully saturated rings. The molecule has 0 aliphatic carbocycles. The third kappa shape index (κ3) is 2.50. The van der Waals surface area contributed by atoms with Gasteiger partial charge in [-0.05, 0) is 32.2 Å². The number of nitrogens with zero attached hydrogens (tertiary/aromatic N) is 2. The monoisotopic (exact) mass is 237 g/mol. The van der Waals surface area contributed by atoms with Crippen LogP contribution in [0.15, 0.2) is 4.52 Å². The SMILES string of the molecule is C1COCC(c2noc([C@H]3CCCNC3)n2)C1. The van der Waals surface area contributed by atoms with Crippen LogP contribution in [0, 0.1) is 0 Å². The molecule has 1 N–H and O–H groups in total. The van der Waals surface area contributed by atoms with Gasteiger partial charge in [0.2, 0.25) is 5.89 Å². The summed E-state index contributed by atoms with van der Waals surface area (Å²) in [6.45, 7) is 3.67. The lowest BCUT2D eigenvalue weighted by molar-refractivity contribution is 0.0773. The number of aromatic nitrogens is 2. The number of nitrogens with one attached hydrogen (secondary N) is 1. The van der Waals surface area contributed by atoms with E-state index in [4.69, 9.17) is 9.26 Å². The first kappa shape index (κ1) is 11.2. The number of ether oxygens (including phenoxy) is 1. The van der Waals surface area contributed by atoms with Gasteiger partial charge in [0, 0.05) is 19.1 Å². The Bertz CT molecular complexity index is 322. The van der Waals surface area contributed by atoms with E-state index in [-0.39, 0.29) is 0 Å². The van der Waals surface area contributed by atoms with E-state index in [0.717, 1.165) is 57.3 Å². The summed E-state index contributed by atoms with van der Waals surface area (Å²) in [6, 6.07) is 0. The van der Waals surface area contributed by atoms with Gasteiger partial charge in [0.25, 0.3) is 0 Å². The number of rotatable bonds is 2. The molecule has 1 aromatic heterocycles. The molecule has 2 atom stereocenters. The van der Waals surface area contributed by atoms with Crippen LogP contribution >= 0.6 is 0 Å². The maximum absolute atomic E-state index is 5.46. The molecule has 0 spiro atoms. The lowest BCUT2D eigenvalue weighted by atomic mass is 9.99. The highest BCUT2D eigenvalue weighted by atomic mass is 16.5. The Labute approximate surface area is 101 Å². The smallest absolute Gasteiger partial charge is 0.231 e. The molecular formula is C12H19N3O2. The van der Waals surface area contributed by atoms with Gasteiger partial charge in [0.1, 0.15) is 0 Å². The molecule has 5 heteroatoms. The summed E-state index contributed by atoms with van der Waals surface area (Å²) in [4.78, 5) is 4.56. The highest BCUT2D eigenvalue weighted by Gasteiger charge is 2.25. The van der Waals surface area contributed by atoms with Crippen molar-refractivity contribution in [2.45, 2.75) is 37.5 Å². The number of hydrogen-bond acceptors (Lipinski definition) is 5. The van der Waals surface area contributed by atoms with E-state index >= 15 is 0 Å². The second-order valence-corrected chi connectivity index (χ2v) is 4.95. The maximum Gasteiger partial charge on any atom is 0.231 e. The van der Waals surface area contributed by atoms with E-state index in [1.54, 1.807) is 0 Å². The predicted octanol–water partition coefficient (Wildman–Crippen LogP) is 1.43. The van der Waals surface area contributed by atoms with Gasteiger partial charge in [-0.3, -0.25) is 0 Å². The second-order valence-electron chi connectivity index (χ2n) is 4.95. The van der Waals surface area contributed by atoms with Crippen LogP contribution < -0.4 is 5.32 Å². The lowest BCUT2D eigenvalue weighted by Crippen LogP contribution is -2.28. The van der Waals surface area contributed by atoms with Crippen molar-refractivity contribution in [3.63, 3.8) is 0 Å². The van der Waals surface area contributed by atoms with Gasteiger partial charge in [-0.15, -0.1) is 0 Å². The van der Waals surface area contributed by atoms with E-state index < -0.39 is 0 Å². The zero-order valence-electron chi connectivity index (χ0n) is 10.0. The van der Waals surface area contributed by atoms with Gasteiger partial charge in [-0.2, -0.15) is 4.98 Å². The van der Waals surface area contributed by atoms with E-state index in [0.29, 0.717) is 11.8 Å². The summed E-state index contributed by atoms with van der Waals surface area (Å²) in [7, 11) is 0. The summed E-state index contributed by atoms with van der Waals surface area (Å²) in [5, 5.41) is 7.49. The van der Waals surface area contributed by atoms with Crippen LogP contribution in [0.5, 0.6) is 0 Å². The lowest BCUT2D eigenvalue weighted by Gasteiger charge is -2.19. The summed E-state index contributed by atoms with van der Waals surface area (Å²) < 4.78 is 10.9. The minimum absolute atomic E-state index is 0.331.